The summed E-state index contributed by atoms with van der Waals surface area (Å²) in [5.41, 5.74) is 0.871. The Morgan fingerprint density at radius 2 is 2.00 bits per heavy atom. The molecule has 0 saturated carbocycles. The lowest BCUT2D eigenvalue weighted by atomic mass is 9.80. The minimum absolute atomic E-state index is 0.0225. The lowest BCUT2D eigenvalue weighted by Crippen LogP contribution is -2.43. The summed E-state index contributed by atoms with van der Waals surface area (Å²) < 4.78 is 0. The van der Waals surface area contributed by atoms with E-state index in [9.17, 15) is 4.79 Å². The molecule has 0 spiro atoms. The maximum atomic E-state index is 12.1. The number of carbonyl (C=O) groups excluding carboxylic acids is 1. The first-order valence-electron chi connectivity index (χ1n) is 6.75. The van der Waals surface area contributed by atoms with Crippen LogP contribution in [0, 0.1) is 5.41 Å². The highest BCUT2D eigenvalue weighted by molar-refractivity contribution is 7.80. The summed E-state index contributed by atoms with van der Waals surface area (Å²) in [6.45, 7) is 5.21. The highest BCUT2D eigenvalue weighted by Crippen LogP contribution is 2.29. The molecule has 1 aliphatic rings. The van der Waals surface area contributed by atoms with Crippen LogP contribution in [0.3, 0.4) is 0 Å². The van der Waals surface area contributed by atoms with E-state index in [-0.39, 0.29) is 11.3 Å². The van der Waals surface area contributed by atoms with Gasteiger partial charge in [-0.25, -0.2) is 0 Å². The van der Waals surface area contributed by atoms with Crippen molar-refractivity contribution in [3.8, 4) is 0 Å². The van der Waals surface area contributed by atoms with Crippen LogP contribution in [-0.4, -0.2) is 37.5 Å². The van der Waals surface area contributed by atoms with Crippen LogP contribution < -0.4 is 5.32 Å². The lowest BCUT2D eigenvalue weighted by Gasteiger charge is -2.38. The zero-order chi connectivity index (χ0) is 13.9. The van der Waals surface area contributed by atoms with E-state index in [1.807, 2.05) is 24.3 Å². The average molecular weight is 278 g/mol. The van der Waals surface area contributed by atoms with Gasteiger partial charge in [0, 0.05) is 11.4 Å². The minimum Gasteiger partial charge on any atom is -0.351 e. The van der Waals surface area contributed by atoms with Crippen LogP contribution in [0.2, 0.25) is 0 Å². The molecule has 2 rings (SSSR count). The molecule has 19 heavy (non-hydrogen) atoms. The quantitative estimate of drug-likeness (QED) is 0.832. The Morgan fingerprint density at radius 3 is 2.63 bits per heavy atom. The number of likely N-dealkylation sites (tertiary alicyclic amines) is 1. The molecule has 1 fully saturated rings. The summed E-state index contributed by atoms with van der Waals surface area (Å²) in [6, 6.07) is 7.41. The number of carbonyl (C=O) groups is 1. The first kappa shape index (κ1) is 14.4. The summed E-state index contributed by atoms with van der Waals surface area (Å²) in [7, 11) is 2.15. The van der Waals surface area contributed by atoms with Gasteiger partial charge >= 0.3 is 0 Å². The molecule has 3 nitrogen and oxygen atoms in total. The van der Waals surface area contributed by atoms with E-state index < -0.39 is 0 Å². The van der Waals surface area contributed by atoms with E-state index >= 15 is 0 Å². The first-order valence-corrected chi connectivity index (χ1v) is 7.20. The molecule has 104 valence electrons. The second-order valence-corrected chi connectivity index (χ2v) is 6.30. The standard InChI is InChI=1S/C15H22N2OS/c1-15(7-9-17(2)10-8-15)11-16-14(18)12-5-3-4-6-13(12)19/h3-6,19H,7-11H2,1-2H3,(H,16,18). The van der Waals surface area contributed by atoms with Crippen LogP contribution in [0.5, 0.6) is 0 Å². The number of nitrogens with zero attached hydrogens (tertiary/aromatic N) is 1. The zero-order valence-corrected chi connectivity index (χ0v) is 12.5. The molecule has 0 aliphatic carbocycles. The van der Waals surface area contributed by atoms with Crippen LogP contribution in [0.15, 0.2) is 29.2 Å². The Hall–Kier alpha value is -1.00. The number of nitrogens with one attached hydrogen (secondary N) is 1. The predicted octanol–water partition coefficient (Wildman–Crippen LogP) is 2.44. The summed E-state index contributed by atoms with van der Waals surface area (Å²) in [6.07, 6.45) is 2.26. The number of hydrogen-bond donors (Lipinski definition) is 2. The average Bonchev–Trinajstić information content (AvgIpc) is 2.41. The first-order chi connectivity index (χ1) is 9.00. The van der Waals surface area contributed by atoms with E-state index in [1.165, 1.54) is 0 Å². The van der Waals surface area contributed by atoms with Gasteiger partial charge in [-0.15, -0.1) is 12.6 Å². The number of piperidine rings is 1. The van der Waals surface area contributed by atoms with E-state index in [0.717, 1.165) is 37.4 Å². The van der Waals surface area contributed by atoms with Crippen molar-refractivity contribution in [3.63, 3.8) is 0 Å². The van der Waals surface area contributed by atoms with Gasteiger partial charge in [0.05, 0.1) is 5.56 Å². The van der Waals surface area contributed by atoms with Crippen molar-refractivity contribution in [3.05, 3.63) is 29.8 Å². The lowest BCUT2D eigenvalue weighted by molar-refractivity contribution is 0.0889. The Balaban J connectivity index is 1.92. The van der Waals surface area contributed by atoms with Crippen LogP contribution in [0.4, 0.5) is 0 Å². The third-order valence-electron chi connectivity index (χ3n) is 4.02. The second kappa shape index (κ2) is 5.97. The van der Waals surface area contributed by atoms with Gasteiger partial charge in [0.25, 0.3) is 5.91 Å². The van der Waals surface area contributed by atoms with Gasteiger partial charge in [0.1, 0.15) is 0 Å². The van der Waals surface area contributed by atoms with Crippen molar-refractivity contribution in [2.24, 2.45) is 5.41 Å². The molecule has 1 amide bonds. The maximum Gasteiger partial charge on any atom is 0.252 e. The Kier molecular flexibility index (Phi) is 4.53. The number of amides is 1. The SMILES string of the molecule is CN1CCC(C)(CNC(=O)c2ccccc2S)CC1. The van der Waals surface area contributed by atoms with Crippen molar-refractivity contribution in [1.29, 1.82) is 0 Å². The van der Waals surface area contributed by atoms with Crippen molar-refractivity contribution in [2.75, 3.05) is 26.7 Å². The zero-order valence-electron chi connectivity index (χ0n) is 11.6. The number of benzene rings is 1. The van der Waals surface area contributed by atoms with Crippen LogP contribution >= 0.6 is 12.6 Å². The smallest absolute Gasteiger partial charge is 0.252 e. The number of hydrogen-bond acceptors (Lipinski definition) is 3. The molecular formula is C15H22N2OS. The molecule has 0 unspecified atom stereocenters. The van der Waals surface area contributed by atoms with Gasteiger partial charge in [-0.2, -0.15) is 0 Å². The molecule has 1 aliphatic heterocycles. The van der Waals surface area contributed by atoms with Gasteiger partial charge < -0.3 is 10.2 Å². The van der Waals surface area contributed by atoms with Gasteiger partial charge in [-0.05, 0) is 50.5 Å². The van der Waals surface area contributed by atoms with E-state index in [4.69, 9.17) is 0 Å². The van der Waals surface area contributed by atoms with Crippen LogP contribution in [0.1, 0.15) is 30.1 Å². The van der Waals surface area contributed by atoms with E-state index in [0.29, 0.717) is 5.56 Å². The normalized spacial score (nSPS) is 19.1. The molecular weight excluding hydrogens is 256 g/mol. The monoisotopic (exact) mass is 278 g/mol. The highest BCUT2D eigenvalue weighted by atomic mass is 32.1. The molecule has 1 aromatic rings. The fraction of sp³-hybridized carbons (Fsp3) is 0.533. The molecule has 4 heteroatoms. The predicted molar refractivity (Wildman–Crippen MR) is 80.9 cm³/mol. The number of thiol groups is 1. The molecule has 0 radical (unpaired) electrons. The summed E-state index contributed by atoms with van der Waals surface area (Å²) in [5.74, 6) is -0.0225. The highest BCUT2D eigenvalue weighted by Gasteiger charge is 2.29. The molecule has 1 heterocycles. The third kappa shape index (κ3) is 3.74. The van der Waals surface area contributed by atoms with Crippen molar-refractivity contribution in [2.45, 2.75) is 24.7 Å². The molecule has 1 aromatic carbocycles. The van der Waals surface area contributed by atoms with Crippen molar-refractivity contribution < 1.29 is 4.79 Å². The van der Waals surface area contributed by atoms with Crippen LogP contribution in [-0.2, 0) is 0 Å². The Morgan fingerprint density at radius 1 is 1.37 bits per heavy atom. The summed E-state index contributed by atoms with van der Waals surface area (Å²) in [5, 5.41) is 3.06. The van der Waals surface area contributed by atoms with Gasteiger partial charge in [0.15, 0.2) is 0 Å². The fourth-order valence-corrected chi connectivity index (χ4v) is 2.65. The molecule has 1 N–H and O–H groups in total. The topological polar surface area (TPSA) is 32.3 Å². The summed E-state index contributed by atoms with van der Waals surface area (Å²) >= 11 is 4.32. The second-order valence-electron chi connectivity index (χ2n) is 5.81. The van der Waals surface area contributed by atoms with E-state index in [1.54, 1.807) is 0 Å². The minimum atomic E-state index is -0.0225. The van der Waals surface area contributed by atoms with Gasteiger partial charge in [-0.1, -0.05) is 19.1 Å². The molecule has 0 aromatic heterocycles. The van der Waals surface area contributed by atoms with Crippen molar-refractivity contribution >= 4 is 18.5 Å². The third-order valence-corrected chi connectivity index (χ3v) is 4.41. The fourth-order valence-electron chi connectivity index (χ4n) is 2.39. The van der Waals surface area contributed by atoms with Crippen LogP contribution in [0.25, 0.3) is 0 Å². The van der Waals surface area contributed by atoms with Crippen molar-refractivity contribution in [1.82, 2.24) is 10.2 Å². The molecule has 0 bridgehead atoms. The van der Waals surface area contributed by atoms with E-state index in [2.05, 4.69) is 36.8 Å². The van der Waals surface area contributed by atoms with Gasteiger partial charge in [0.2, 0.25) is 0 Å². The Bertz CT molecular complexity index is 453. The van der Waals surface area contributed by atoms with Gasteiger partial charge in [-0.3, -0.25) is 4.79 Å². The Labute approximate surface area is 120 Å². The summed E-state index contributed by atoms with van der Waals surface area (Å²) in [4.78, 5) is 15.2. The number of rotatable bonds is 3. The largest absolute Gasteiger partial charge is 0.351 e. The maximum absolute atomic E-state index is 12.1. The molecule has 1 saturated heterocycles. The molecule has 0 atom stereocenters.